The van der Waals surface area contributed by atoms with Crippen molar-refractivity contribution in [1.82, 2.24) is 24.2 Å². The van der Waals surface area contributed by atoms with E-state index in [1.54, 1.807) is 34.0 Å². The number of nitrogens with zero attached hydrogens (tertiary/aromatic N) is 4. The summed E-state index contributed by atoms with van der Waals surface area (Å²) in [5, 5.41) is 12.7. The SMILES string of the molecule is Cc1cccc(C)c1-c1cc([C@@H](CC(=O)O)NC(=O)[C@@H](CC(C)C)n2cc(CCN3CC(F)C3)c(C(F)(F)F)cc2=O)cn2ccnc12. The molecular formula is C35H39F4N5O4. The maximum absolute atomic E-state index is 14.1. The molecule has 4 aromatic rings. The van der Waals surface area contributed by atoms with E-state index in [-0.39, 0.29) is 44.0 Å². The third-order valence-electron chi connectivity index (χ3n) is 8.77. The Hall–Kier alpha value is -4.52. The summed E-state index contributed by atoms with van der Waals surface area (Å²) in [5.41, 5.74) is 2.42. The van der Waals surface area contributed by atoms with Gasteiger partial charge >= 0.3 is 12.1 Å². The number of aliphatic carboxylic acids is 1. The molecular weight excluding hydrogens is 630 g/mol. The number of hydrogen-bond donors (Lipinski definition) is 2. The molecule has 0 unspecified atom stereocenters. The molecule has 2 N–H and O–H groups in total. The molecule has 0 saturated carbocycles. The summed E-state index contributed by atoms with van der Waals surface area (Å²) in [5.74, 6) is -2.04. The van der Waals surface area contributed by atoms with Crippen molar-refractivity contribution in [3.63, 3.8) is 0 Å². The Morgan fingerprint density at radius 3 is 2.40 bits per heavy atom. The number of fused-ring (bicyclic) bond motifs is 1. The zero-order chi connectivity index (χ0) is 34.9. The lowest BCUT2D eigenvalue weighted by atomic mass is 9.93. The number of likely N-dealkylation sites (tertiary alicyclic amines) is 1. The third-order valence-corrected chi connectivity index (χ3v) is 8.77. The first-order chi connectivity index (χ1) is 22.6. The average molecular weight is 670 g/mol. The Bertz CT molecular complexity index is 1860. The fraction of sp³-hybridized carbons (Fsp3) is 0.429. The van der Waals surface area contributed by atoms with Crippen molar-refractivity contribution in [1.29, 1.82) is 0 Å². The quantitative estimate of drug-likeness (QED) is 0.182. The summed E-state index contributed by atoms with van der Waals surface area (Å²) in [4.78, 5) is 45.6. The van der Waals surface area contributed by atoms with E-state index in [0.29, 0.717) is 17.3 Å². The summed E-state index contributed by atoms with van der Waals surface area (Å²) in [6, 6.07) is 5.86. The van der Waals surface area contributed by atoms with E-state index < -0.39 is 53.9 Å². The molecule has 1 aliphatic heterocycles. The predicted octanol–water partition coefficient (Wildman–Crippen LogP) is 5.91. The lowest BCUT2D eigenvalue weighted by molar-refractivity contribution is -0.139. The smallest absolute Gasteiger partial charge is 0.416 e. The molecule has 3 aromatic heterocycles. The van der Waals surface area contributed by atoms with Crippen molar-refractivity contribution in [2.24, 2.45) is 5.92 Å². The summed E-state index contributed by atoms with van der Waals surface area (Å²) < 4.78 is 58.2. The number of halogens is 4. The van der Waals surface area contributed by atoms with Crippen LogP contribution in [0.2, 0.25) is 0 Å². The van der Waals surface area contributed by atoms with Crippen LogP contribution in [0.5, 0.6) is 0 Å². The van der Waals surface area contributed by atoms with Crippen LogP contribution in [-0.2, 0) is 22.2 Å². The van der Waals surface area contributed by atoms with Crippen LogP contribution in [0.25, 0.3) is 16.8 Å². The highest BCUT2D eigenvalue weighted by atomic mass is 19.4. The van der Waals surface area contributed by atoms with Crippen LogP contribution < -0.4 is 10.9 Å². The molecule has 256 valence electrons. The van der Waals surface area contributed by atoms with Crippen LogP contribution >= 0.6 is 0 Å². The van der Waals surface area contributed by atoms with Gasteiger partial charge < -0.3 is 19.4 Å². The lowest BCUT2D eigenvalue weighted by Gasteiger charge is -2.34. The van der Waals surface area contributed by atoms with E-state index in [9.17, 15) is 37.1 Å². The molecule has 0 spiro atoms. The minimum Gasteiger partial charge on any atom is -0.481 e. The Kier molecular flexibility index (Phi) is 10.1. The first-order valence-corrected chi connectivity index (χ1v) is 15.9. The molecule has 2 atom stereocenters. The van der Waals surface area contributed by atoms with Crippen molar-refractivity contribution in [2.75, 3.05) is 19.6 Å². The van der Waals surface area contributed by atoms with Crippen LogP contribution in [0.3, 0.4) is 0 Å². The number of pyridine rings is 2. The monoisotopic (exact) mass is 669 g/mol. The summed E-state index contributed by atoms with van der Waals surface area (Å²) >= 11 is 0. The van der Waals surface area contributed by atoms with E-state index in [4.69, 9.17) is 0 Å². The molecule has 1 fully saturated rings. The number of aromatic nitrogens is 3. The van der Waals surface area contributed by atoms with Crippen LogP contribution in [-0.4, -0.2) is 61.6 Å². The van der Waals surface area contributed by atoms with Gasteiger partial charge in [0.2, 0.25) is 5.91 Å². The number of imidazole rings is 1. The number of aryl methyl sites for hydroxylation is 2. The number of hydrogen-bond acceptors (Lipinski definition) is 5. The number of carboxylic acid groups (broad SMARTS) is 1. The fourth-order valence-corrected chi connectivity index (χ4v) is 6.42. The van der Waals surface area contributed by atoms with Crippen molar-refractivity contribution in [3.05, 3.63) is 93.3 Å². The molecule has 1 aliphatic rings. The van der Waals surface area contributed by atoms with Gasteiger partial charge in [0.15, 0.2) is 0 Å². The molecule has 48 heavy (non-hydrogen) atoms. The van der Waals surface area contributed by atoms with Gasteiger partial charge in [-0.15, -0.1) is 0 Å². The van der Waals surface area contributed by atoms with Gasteiger partial charge in [0.1, 0.15) is 17.9 Å². The zero-order valence-corrected chi connectivity index (χ0v) is 27.2. The Morgan fingerprint density at radius 1 is 1.10 bits per heavy atom. The van der Waals surface area contributed by atoms with Gasteiger partial charge in [-0.3, -0.25) is 19.3 Å². The molecule has 4 heterocycles. The fourth-order valence-electron chi connectivity index (χ4n) is 6.42. The highest BCUT2D eigenvalue weighted by Crippen LogP contribution is 2.35. The number of carbonyl (C=O) groups is 2. The van der Waals surface area contributed by atoms with Crippen molar-refractivity contribution in [3.8, 4) is 11.1 Å². The van der Waals surface area contributed by atoms with Crippen LogP contribution in [0, 0.1) is 19.8 Å². The predicted molar refractivity (Wildman–Crippen MR) is 172 cm³/mol. The summed E-state index contributed by atoms with van der Waals surface area (Å²) in [6.45, 7) is 7.94. The lowest BCUT2D eigenvalue weighted by Crippen LogP contribution is -2.49. The maximum Gasteiger partial charge on any atom is 0.416 e. The normalized spacial score (nSPS) is 15.4. The Morgan fingerprint density at radius 2 is 1.79 bits per heavy atom. The highest BCUT2D eigenvalue weighted by Gasteiger charge is 2.36. The van der Waals surface area contributed by atoms with Crippen LogP contribution in [0.1, 0.15) is 66.6 Å². The van der Waals surface area contributed by atoms with Gasteiger partial charge in [-0.1, -0.05) is 32.0 Å². The van der Waals surface area contributed by atoms with Crippen molar-refractivity contribution >= 4 is 17.5 Å². The number of alkyl halides is 4. The van der Waals surface area contributed by atoms with Crippen molar-refractivity contribution in [2.45, 2.75) is 71.4 Å². The van der Waals surface area contributed by atoms with E-state index in [0.717, 1.165) is 33.0 Å². The van der Waals surface area contributed by atoms with E-state index >= 15 is 0 Å². The molecule has 1 amide bonds. The second kappa shape index (κ2) is 13.9. The number of nitrogens with one attached hydrogen (secondary N) is 1. The molecule has 1 saturated heterocycles. The van der Waals surface area contributed by atoms with E-state index in [1.165, 1.54) is 0 Å². The maximum atomic E-state index is 14.1. The van der Waals surface area contributed by atoms with Gasteiger partial charge in [0.05, 0.1) is 18.0 Å². The van der Waals surface area contributed by atoms with Crippen LogP contribution in [0.4, 0.5) is 17.6 Å². The molecule has 1 aromatic carbocycles. The van der Waals surface area contributed by atoms with Gasteiger partial charge in [-0.05, 0) is 66.5 Å². The summed E-state index contributed by atoms with van der Waals surface area (Å²) in [7, 11) is 0. The standard InChI is InChI=1S/C35H39F4N5O4/c1-20(2)12-29(44-17-23(8-10-42-18-25(36)19-42)27(14-30(44)45)35(37,38)39)34(48)41-28(15-31(46)47)24-13-26(33-40-9-11-43(33)16-24)32-21(3)6-5-7-22(32)4/h5-7,9,11,13-14,16-17,20,25,28-29H,8,10,12,15,18-19H2,1-4H3,(H,41,48)(H,46,47)/t28-,29-/m1/s1. The molecule has 0 bridgehead atoms. The third kappa shape index (κ3) is 7.61. The van der Waals surface area contributed by atoms with Gasteiger partial charge in [-0.2, -0.15) is 13.2 Å². The van der Waals surface area contributed by atoms with Gasteiger partial charge in [0, 0.05) is 56.1 Å². The first-order valence-electron chi connectivity index (χ1n) is 15.9. The number of benzene rings is 1. The van der Waals surface area contributed by atoms with Crippen molar-refractivity contribution < 1.29 is 32.3 Å². The number of rotatable bonds is 12. The largest absolute Gasteiger partial charge is 0.481 e. The molecule has 13 heteroatoms. The summed E-state index contributed by atoms with van der Waals surface area (Å²) in [6.07, 6.45) is -0.243. The molecule has 0 aliphatic carbocycles. The first kappa shape index (κ1) is 34.8. The molecule has 9 nitrogen and oxygen atoms in total. The van der Waals surface area contributed by atoms with Gasteiger partial charge in [0.25, 0.3) is 5.56 Å². The zero-order valence-electron chi connectivity index (χ0n) is 27.2. The Balaban J connectivity index is 1.54. The van der Waals surface area contributed by atoms with Gasteiger partial charge in [-0.25, -0.2) is 9.37 Å². The average Bonchev–Trinajstić information content (AvgIpc) is 3.46. The van der Waals surface area contributed by atoms with E-state index in [2.05, 4.69) is 10.3 Å². The van der Waals surface area contributed by atoms with Crippen LogP contribution in [0.15, 0.2) is 59.9 Å². The minimum atomic E-state index is -4.81. The number of carbonyl (C=O) groups excluding carboxylic acids is 1. The number of carboxylic acids is 1. The highest BCUT2D eigenvalue weighted by molar-refractivity contribution is 5.84. The number of amides is 1. The second-order valence-corrected chi connectivity index (χ2v) is 13.0. The Labute approximate surface area is 275 Å². The topological polar surface area (TPSA) is 109 Å². The minimum absolute atomic E-state index is 0.0974. The molecule has 5 rings (SSSR count). The second-order valence-electron chi connectivity index (χ2n) is 13.0. The van der Waals surface area contributed by atoms with E-state index in [1.807, 2.05) is 45.9 Å². The molecule has 0 radical (unpaired) electrons.